The molecular weight excluding hydrogens is 308 g/mol. The van der Waals surface area contributed by atoms with Gasteiger partial charge in [-0.05, 0) is 13.8 Å². The van der Waals surface area contributed by atoms with E-state index in [1.54, 1.807) is 0 Å². The van der Waals surface area contributed by atoms with E-state index in [-0.39, 0.29) is 19.8 Å². The van der Waals surface area contributed by atoms with Crippen LogP contribution in [0.15, 0.2) is 0 Å². The van der Waals surface area contributed by atoms with Crippen molar-refractivity contribution >= 4 is 0 Å². The summed E-state index contributed by atoms with van der Waals surface area (Å²) in [7, 11) is 0. The predicted molar refractivity (Wildman–Crippen MR) is 83.4 cm³/mol. The molecule has 0 aliphatic rings. The van der Waals surface area contributed by atoms with Gasteiger partial charge in [-0.1, -0.05) is 0 Å². The van der Waals surface area contributed by atoms with Crippen LogP contribution in [0.5, 0.6) is 0 Å². The van der Waals surface area contributed by atoms with Gasteiger partial charge in [0, 0.05) is 6.61 Å². The Kier molecular flexibility index (Phi) is 16.3. The van der Waals surface area contributed by atoms with Gasteiger partial charge in [0.15, 0.2) is 5.79 Å². The third kappa shape index (κ3) is 17.9. The Bertz CT molecular complexity index is 238. The summed E-state index contributed by atoms with van der Waals surface area (Å²) >= 11 is 0. The first kappa shape index (κ1) is 22.7. The lowest BCUT2D eigenvalue weighted by molar-refractivity contribution is -0.226. The summed E-state index contributed by atoms with van der Waals surface area (Å²) in [5.74, 6) is -1.35. The van der Waals surface area contributed by atoms with Crippen LogP contribution < -0.4 is 0 Å². The molecule has 0 heterocycles. The lowest BCUT2D eigenvalue weighted by atomic mass is 10.3. The van der Waals surface area contributed by atoms with Gasteiger partial charge in [0.1, 0.15) is 6.61 Å². The zero-order valence-electron chi connectivity index (χ0n) is 14.3. The molecule has 1 atom stereocenters. The van der Waals surface area contributed by atoms with Crippen LogP contribution in [0.3, 0.4) is 0 Å². The van der Waals surface area contributed by atoms with Gasteiger partial charge < -0.3 is 38.6 Å². The van der Waals surface area contributed by atoms with Gasteiger partial charge in [-0.25, -0.2) is 0 Å². The Balaban J connectivity index is 3.33. The van der Waals surface area contributed by atoms with Crippen molar-refractivity contribution < 1.29 is 38.6 Å². The maximum atomic E-state index is 9.94. The number of aliphatic hydroxyl groups excluding tert-OH is 1. The van der Waals surface area contributed by atoms with Crippen molar-refractivity contribution in [3.05, 3.63) is 0 Å². The smallest absolute Gasteiger partial charge is 0.186 e. The third-order valence-electron chi connectivity index (χ3n) is 2.57. The van der Waals surface area contributed by atoms with Crippen LogP contribution in [0.2, 0.25) is 0 Å². The van der Waals surface area contributed by atoms with Gasteiger partial charge in [0.2, 0.25) is 0 Å². The second-order valence-electron chi connectivity index (χ2n) is 4.83. The summed E-state index contributed by atoms with van der Waals surface area (Å²) in [6.45, 7) is 7.88. The van der Waals surface area contributed by atoms with Gasteiger partial charge >= 0.3 is 0 Å². The number of aliphatic hydroxyl groups is 2. The Hall–Kier alpha value is -0.320. The molecule has 0 saturated carbocycles. The van der Waals surface area contributed by atoms with Crippen molar-refractivity contribution in [3.63, 3.8) is 0 Å². The van der Waals surface area contributed by atoms with Crippen molar-refractivity contribution in [2.45, 2.75) is 19.6 Å². The number of hydrogen-bond acceptors (Lipinski definition) is 8. The van der Waals surface area contributed by atoms with E-state index >= 15 is 0 Å². The normalized spacial score (nSPS) is 14.1. The van der Waals surface area contributed by atoms with E-state index in [4.69, 9.17) is 33.5 Å². The number of ether oxygens (including phenoxy) is 6. The van der Waals surface area contributed by atoms with E-state index in [1.165, 1.54) is 6.92 Å². The van der Waals surface area contributed by atoms with E-state index in [9.17, 15) is 5.11 Å². The molecule has 23 heavy (non-hydrogen) atoms. The molecule has 0 amide bonds. The summed E-state index contributed by atoms with van der Waals surface area (Å²) in [6, 6.07) is 0. The lowest BCUT2D eigenvalue weighted by Crippen LogP contribution is -2.35. The molecule has 140 valence electrons. The maximum Gasteiger partial charge on any atom is 0.186 e. The molecule has 8 nitrogen and oxygen atoms in total. The Labute approximate surface area is 138 Å². The molecule has 0 radical (unpaired) electrons. The van der Waals surface area contributed by atoms with E-state index in [0.29, 0.717) is 59.5 Å². The van der Waals surface area contributed by atoms with Crippen LogP contribution in [0.1, 0.15) is 13.8 Å². The molecule has 0 aromatic carbocycles. The Morgan fingerprint density at radius 3 is 1.74 bits per heavy atom. The highest BCUT2D eigenvalue weighted by molar-refractivity contribution is 4.57. The molecule has 0 aliphatic heterocycles. The molecule has 0 aliphatic carbocycles. The standard InChI is InChI=1S/C15H32O8/c1-3-18-6-7-21-12-13-23-15(2,17)14-22-11-10-20-9-8-19-5-4-16/h16-17H,3-14H2,1-2H3. The summed E-state index contributed by atoms with van der Waals surface area (Å²) < 4.78 is 31.3. The van der Waals surface area contributed by atoms with E-state index in [0.717, 1.165) is 0 Å². The van der Waals surface area contributed by atoms with Gasteiger partial charge in [0.05, 0.1) is 66.1 Å². The van der Waals surface area contributed by atoms with Crippen molar-refractivity contribution in [2.75, 3.05) is 79.3 Å². The maximum absolute atomic E-state index is 9.94. The molecule has 8 heteroatoms. The zero-order chi connectivity index (χ0) is 17.2. The topological polar surface area (TPSA) is 95.8 Å². The molecular formula is C15H32O8. The number of rotatable bonds is 18. The van der Waals surface area contributed by atoms with Gasteiger partial charge in [0.25, 0.3) is 0 Å². The fourth-order valence-corrected chi connectivity index (χ4v) is 1.49. The van der Waals surface area contributed by atoms with Gasteiger partial charge in [-0.2, -0.15) is 0 Å². The highest BCUT2D eigenvalue weighted by Crippen LogP contribution is 2.05. The minimum atomic E-state index is -1.35. The molecule has 0 rings (SSSR count). The minimum Gasteiger partial charge on any atom is -0.394 e. The SMILES string of the molecule is CCOCCOCCOC(C)(O)COCCOCCOCCO. The van der Waals surface area contributed by atoms with Crippen LogP contribution in [0.25, 0.3) is 0 Å². The second-order valence-corrected chi connectivity index (χ2v) is 4.83. The first-order valence-corrected chi connectivity index (χ1v) is 7.98. The molecule has 2 N–H and O–H groups in total. The molecule has 1 unspecified atom stereocenters. The average Bonchev–Trinajstić information content (AvgIpc) is 2.52. The molecule has 0 aromatic heterocycles. The van der Waals surface area contributed by atoms with E-state index in [2.05, 4.69) is 0 Å². The van der Waals surface area contributed by atoms with Crippen molar-refractivity contribution in [3.8, 4) is 0 Å². The van der Waals surface area contributed by atoms with Crippen LogP contribution in [-0.4, -0.2) is 95.3 Å². The Morgan fingerprint density at radius 2 is 1.17 bits per heavy atom. The fraction of sp³-hybridized carbons (Fsp3) is 1.00. The molecule has 0 aromatic rings. The largest absolute Gasteiger partial charge is 0.394 e. The highest BCUT2D eigenvalue weighted by Gasteiger charge is 2.20. The Morgan fingerprint density at radius 1 is 0.696 bits per heavy atom. The zero-order valence-corrected chi connectivity index (χ0v) is 14.3. The molecule has 0 spiro atoms. The summed E-state index contributed by atoms with van der Waals surface area (Å²) in [5.41, 5.74) is 0. The van der Waals surface area contributed by atoms with Crippen LogP contribution in [0, 0.1) is 0 Å². The van der Waals surface area contributed by atoms with Crippen molar-refractivity contribution in [2.24, 2.45) is 0 Å². The molecule has 0 fully saturated rings. The lowest BCUT2D eigenvalue weighted by Gasteiger charge is -2.23. The quantitative estimate of drug-likeness (QED) is 0.262. The first-order valence-electron chi connectivity index (χ1n) is 7.98. The van der Waals surface area contributed by atoms with Crippen molar-refractivity contribution in [1.82, 2.24) is 0 Å². The average molecular weight is 340 g/mol. The van der Waals surface area contributed by atoms with Crippen molar-refractivity contribution in [1.29, 1.82) is 0 Å². The molecule has 0 bridgehead atoms. The summed E-state index contributed by atoms with van der Waals surface area (Å²) in [4.78, 5) is 0. The van der Waals surface area contributed by atoms with E-state index in [1.807, 2.05) is 6.92 Å². The van der Waals surface area contributed by atoms with Crippen LogP contribution in [-0.2, 0) is 28.4 Å². The van der Waals surface area contributed by atoms with Gasteiger partial charge in [-0.15, -0.1) is 0 Å². The monoisotopic (exact) mass is 340 g/mol. The summed E-state index contributed by atoms with van der Waals surface area (Å²) in [6.07, 6.45) is 0. The number of hydrogen-bond donors (Lipinski definition) is 2. The minimum absolute atomic E-state index is 0.00967. The van der Waals surface area contributed by atoms with Crippen LogP contribution in [0.4, 0.5) is 0 Å². The first-order chi connectivity index (χ1) is 11.1. The van der Waals surface area contributed by atoms with E-state index < -0.39 is 5.79 Å². The van der Waals surface area contributed by atoms with Crippen LogP contribution >= 0.6 is 0 Å². The van der Waals surface area contributed by atoms with Gasteiger partial charge in [-0.3, -0.25) is 0 Å². The summed E-state index contributed by atoms with van der Waals surface area (Å²) in [5, 5.41) is 18.4. The second kappa shape index (κ2) is 16.5. The third-order valence-corrected chi connectivity index (χ3v) is 2.57. The highest BCUT2D eigenvalue weighted by atomic mass is 16.7. The molecule has 0 saturated heterocycles. The predicted octanol–water partition coefficient (Wildman–Crippen LogP) is -0.193. The fourth-order valence-electron chi connectivity index (χ4n) is 1.49.